The first-order valence-electron chi connectivity index (χ1n) is 7.89. The van der Waals surface area contributed by atoms with Crippen LogP contribution in [-0.2, 0) is 4.79 Å². The fourth-order valence-electron chi connectivity index (χ4n) is 2.92. The second-order valence-electron chi connectivity index (χ2n) is 6.18. The molecule has 2 aromatic rings. The van der Waals surface area contributed by atoms with E-state index in [4.69, 9.17) is 0 Å². The highest BCUT2D eigenvalue weighted by Crippen LogP contribution is 2.27. The van der Waals surface area contributed by atoms with Crippen LogP contribution < -0.4 is 10.6 Å². The number of hydrogen-bond donors (Lipinski definition) is 2. The maximum absolute atomic E-state index is 12.1. The summed E-state index contributed by atoms with van der Waals surface area (Å²) in [6.45, 7) is 4.35. The monoisotopic (exact) mass is 311 g/mol. The lowest BCUT2D eigenvalue weighted by molar-refractivity contribution is -0.122. The molecule has 120 valence electrons. The number of carbonyl (C=O) groups excluding carboxylic acids is 2. The fourth-order valence-corrected chi connectivity index (χ4v) is 2.92. The summed E-state index contributed by atoms with van der Waals surface area (Å²) in [5.41, 5.74) is 2.66. The van der Waals surface area contributed by atoms with Crippen LogP contribution in [-0.4, -0.2) is 29.0 Å². The van der Waals surface area contributed by atoms with Gasteiger partial charge in [-0.1, -0.05) is 30.3 Å². The molecule has 0 radical (unpaired) electrons. The molecule has 23 heavy (non-hydrogen) atoms. The van der Waals surface area contributed by atoms with Crippen molar-refractivity contribution in [1.29, 1.82) is 0 Å². The van der Waals surface area contributed by atoms with Gasteiger partial charge in [-0.2, -0.15) is 0 Å². The maximum Gasteiger partial charge on any atom is 0.268 e. The zero-order valence-corrected chi connectivity index (χ0v) is 13.4. The van der Waals surface area contributed by atoms with Gasteiger partial charge in [0.1, 0.15) is 5.69 Å². The summed E-state index contributed by atoms with van der Waals surface area (Å²) >= 11 is 0. The SMILES string of the molecule is CC(C)NC(=O)CC1CNC(=O)c2cc(-c3ccccc3)cn21. The van der Waals surface area contributed by atoms with Crippen LogP contribution >= 0.6 is 0 Å². The van der Waals surface area contributed by atoms with Gasteiger partial charge in [-0.25, -0.2) is 0 Å². The Hall–Kier alpha value is -2.56. The van der Waals surface area contributed by atoms with Crippen molar-refractivity contribution in [2.45, 2.75) is 32.4 Å². The lowest BCUT2D eigenvalue weighted by Gasteiger charge is -2.26. The Bertz CT molecular complexity index is 719. The van der Waals surface area contributed by atoms with E-state index in [1.807, 2.05) is 61.0 Å². The summed E-state index contributed by atoms with van der Waals surface area (Å²) < 4.78 is 1.93. The molecule has 0 fully saturated rings. The van der Waals surface area contributed by atoms with E-state index in [0.29, 0.717) is 18.7 Å². The molecule has 0 saturated heterocycles. The Morgan fingerprint density at radius 1 is 1.30 bits per heavy atom. The van der Waals surface area contributed by atoms with E-state index in [2.05, 4.69) is 10.6 Å². The Morgan fingerprint density at radius 3 is 2.74 bits per heavy atom. The van der Waals surface area contributed by atoms with E-state index in [1.165, 1.54) is 0 Å². The van der Waals surface area contributed by atoms with Crippen molar-refractivity contribution < 1.29 is 9.59 Å². The topological polar surface area (TPSA) is 63.1 Å². The highest BCUT2D eigenvalue weighted by atomic mass is 16.2. The van der Waals surface area contributed by atoms with E-state index >= 15 is 0 Å². The number of nitrogens with zero attached hydrogens (tertiary/aromatic N) is 1. The molecule has 5 heteroatoms. The Kier molecular flexibility index (Phi) is 4.19. The van der Waals surface area contributed by atoms with Gasteiger partial charge in [0.05, 0.1) is 6.04 Å². The minimum atomic E-state index is -0.0901. The Labute approximate surface area is 135 Å². The summed E-state index contributed by atoms with van der Waals surface area (Å²) in [5.74, 6) is -0.0882. The summed E-state index contributed by atoms with van der Waals surface area (Å²) in [7, 11) is 0. The molecule has 1 atom stereocenters. The van der Waals surface area contributed by atoms with Crippen molar-refractivity contribution in [3.8, 4) is 11.1 Å². The average Bonchev–Trinajstić information content (AvgIpc) is 2.97. The van der Waals surface area contributed by atoms with Crippen LogP contribution in [0, 0.1) is 0 Å². The first kappa shape index (κ1) is 15.3. The molecule has 1 aliphatic heterocycles. The van der Waals surface area contributed by atoms with Crippen molar-refractivity contribution in [3.63, 3.8) is 0 Å². The normalized spacial score (nSPS) is 16.8. The second-order valence-corrected chi connectivity index (χ2v) is 6.18. The quantitative estimate of drug-likeness (QED) is 0.910. The van der Waals surface area contributed by atoms with Gasteiger partial charge < -0.3 is 15.2 Å². The van der Waals surface area contributed by atoms with Crippen LogP contribution in [0.25, 0.3) is 11.1 Å². The molecule has 3 rings (SSSR count). The molecule has 0 bridgehead atoms. The maximum atomic E-state index is 12.1. The fraction of sp³-hybridized carbons (Fsp3) is 0.333. The van der Waals surface area contributed by atoms with E-state index in [0.717, 1.165) is 11.1 Å². The van der Waals surface area contributed by atoms with Gasteiger partial charge in [0, 0.05) is 30.8 Å². The van der Waals surface area contributed by atoms with Crippen molar-refractivity contribution in [1.82, 2.24) is 15.2 Å². The third kappa shape index (κ3) is 3.28. The van der Waals surface area contributed by atoms with Crippen molar-refractivity contribution in [3.05, 3.63) is 48.3 Å². The standard InChI is InChI=1S/C18H21N3O2/c1-12(2)20-17(22)9-15-10-19-18(23)16-8-14(11-21(15)16)13-6-4-3-5-7-13/h3-8,11-12,15H,9-10H2,1-2H3,(H,19,23)(H,20,22). The van der Waals surface area contributed by atoms with Gasteiger partial charge in [0.25, 0.3) is 5.91 Å². The van der Waals surface area contributed by atoms with Gasteiger partial charge in [-0.15, -0.1) is 0 Å². The van der Waals surface area contributed by atoms with E-state index < -0.39 is 0 Å². The molecular weight excluding hydrogens is 290 g/mol. The number of aromatic nitrogens is 1. The summed E-state index contributed by atoms with van der Waals surface area (Å²) in [4.78, 5) is 24.2. The molecule has 0 spiro atoms. The van der Waals surface area contributed by atoms with Crippen molar-refractivity contribution in [2.24, 2.45) is 0 Å². The van der Waals surface area contributed by atoms with E-state index in [1.54, 1.807) is 0 Å². The highest BCUT2D eigenvalue weighted by molar-refractivity contribution is 5.95. The predicted molar refractivity (Wildman–Crippen MR) is 89.1 cm³/mol. The molecule has 2 amide bonds. The smallest absolute Gasteiger partial charge is 0.268 e. The van der Waals surface area contributed by atoms with Gasteiger partial charge in [-0.3, -0.25) is 9.59 Å². The number of hydrogen-bond acceptors (Lipinski definition) is 2. The summed E-state index contributed by atoms with van der Waals surface area (Å²) in [5, 5.41) is 5.78. The Morgan fingerprint density at radius 2 is 2.04 bits per heavy atom. The van der Waals surface area contributed by atoms with Crippen LogP contribution in [0.15, 0.2) is 42.6 Å². The average molecular weight is 311 g/mol. The number of fused-ring (bicyclic) bond motifs is 1. The van der Waals surface area contributed by atoms with E-state index in [-0.39, 0.29) is 23.9 Å². The zero-order chi connectivity index (χ0) is 16.4. The molecular formula is C18H21N3O2. The second kappa shape index (κ2) is 6.28. The number of nitrogens with one attached hydrogen (secondary N) is 2. The summed E-state index contributed by atoms with van der Waals surface area (Å²) in [6.07, 6.45) is 2.32. The van der Waals surface area contributed by atoms with Crippen LogP contribution in [0.3, 0.4) is 0 Å². The molecule has 1 unspecified atom stereocenters. The molecule has 2 heterocycles. The third-order valence-corrected chi connectivity index (χ3v) is 3.95. The van der Waals surface area contributed by atoms with Crippen LogP contribution in [0.5, 0.6) is 0 Å². The Balaban J connectivity index is 1.88. The van der Waals surface area contributed by atoms with Crippen LogP contribution in [0.4, 0.5) is 0 Å². The van der Waals surface area contributed by atoms with Crippen LogP contribution in [0.2, 0.25) is 0 Å². The number of amides is 2. The molecule has 2 N–H and O–H groups in total. The predicted octanol–water partition coefficient (Wildman–Crippen LogP) is 2.35. The van der Waals surface area contributed by atoms with Gasteiger partial charge >= 0.3 is 0 Å². The molecule has 1 aliphatic rings. The first-order valence-corrected chi connectivity index (χ1v) is 7.89. The van der Waals surface area contributed by atoms with Crippen LogP contribution in [0.1, 0.15) is 36.8 Å². The number of carbonyl (C=O) groups is 2. The lowest BCUT2D eigenvalue weighted by Crippen LogP contribution is -2.41. The summed E-state index contributed by atoms with van der Waals surface area (Å²) in [6, 6.07) is 11.9. The van der Waals surface area contributed by atoms with Gasteiger partial charge in [-0.05, 0) is 25.5 Å². The minimum Gasteiger partial charge on any atom is -0.354 e. The number of rotatable bonds is 4. The molecule has 5 nitrogen and oxygen atoms in total. The van der Waals surface area contributed by atoms with Crippen molar-refractivity contribution in [2.75, 3.05) is 6.54 Å². The highest BCUT2D eigenvalue weighted by Gasteiger charge is 2.27. The van der Waals surface area contributed by atoms with Gasteiger partial charge in [0.2, 0.25) is 5.91 Å². The number of benzene rings is 1. The minimum absolute atomic E-state index is 0.00191. The molecule has 0 saturated carbocycles. The first-order chi connectivity index (χ1) is 11.0. The van der Waals surface area contributed by atoms with Crippen molar-refractivity contribution >= 4 is 11.8 Å². The van der Waals surface area contributed by atoms with Gasteiger partial charge in [0.15, 0.2) is 0 Å². The third-order valence-electron chi connectivity index (χ3n) is 3.95. The molecule has 1 aromatic heterocycles. The molecule has 1 aromatic carbocycles. The lowest BCUT2D eigenvalue weighted by atomic mass is 10.1. The molecule has 0 aliphatic carbocycles. The van der Waals surface area contributed by atoms with E-state index in [9.17, 15) is 9.59 Å². The largest absolute Gasteiger partial charge is 0.354 e. The zero-order valence-electron chi connectivity index (χ0n) is 13.4.